The molecule has 4 heteroatoms. The topological polar surface area (TPSA) is 46.2 Å². The molecule has 90 valence electrons. The van der Waals surface area contributed by atoms with Gasteiger partial charge in [0, 0.05) is 18.0 Å². The molecule has 1 aromatic rings. The number of para-hydroxylation sites is 1. The van der Waals surface area contributed by atoms with E-state index in [0.29, 0.717) is 0 Å². The zero-order valence-electron chi connectivity index (χ0n) is 10.0. The molecule has 1 atom stereocenters. The summed E-state index contributed by atoms with van der Waals surface area (Å²) < 4.78 is 22.3. The van der Waals surface area contributed by atoms with Crippen molar-refractivity contribution >= 4 is 15.5 Å². The first-order valence-corrected chi connectivity index (χ1v) is 7.50. The Morgan fingerprint density at radius 2 is 1.94 bits per heavy atom. The standard InChI is InChI=1S/C12H19NO2S/c1-4-11-7-5-6-8-12(11)13-10(2)9-16(3,14)15/h5-8,10,13H,4,9H2,1-3H3. The number of benzene rings is 1. The highest BCUT2D eigenvalue weighted by molar-refractivity contribution is 7.90. The van der Waals surface area contributed by atoms with Gasteiger partial charge in [0.15, 0.2) is 0 Å². The van der Waals surface area contributed by atoms with Crippen molar-refractivity contribution in [1.29, 1.82) is 0 Å². The maximum absolute atomic E-state index is 11.1. The Morgan fingerprint density at radius 1 is 1.31 bits per heavy atom. The number of hydrogen-bond donors (Lipinski definition) is 1. The molecule has 3 nitrogen and oxygen atoms in total. The third kappa shape index (κ3) is 4.23. The van der Waals surface area contributed by atoms with Crippen molar-refractivity contribution in [1.82, 2.24) is 0 Å². The van der Waals surface area contributed by atoms with Gasteiger partial charge in [0.05, 0.1) is 5.75 Å². The van der Waals surface area contributed by atoms with E-state index in [-0.39, 0.29) is 11.8 Å². The molecule has 0 saturated carbocycles. The maximum atomic E-state index is 11.1. The predicted molar refractivity (Wildman–Crippen MR) is 68.6 cm³/mol. The Hall–Kier alpha value is -1.03. The van der Waals surface area contributed by atoms with Crippen LogP contribution in [0.25, 0.3) is 0 Å². The fraction of sp³-hybridized carbons (Fsp3) is 0.500. The minimum Gasteiger partial charge on any atom is -0.381 e. The van der Waals surface area contributed by atoms with Gasteiger partial charge in [0.1, 0.15) is 9.84 Å². The molecule has 0 aliphatic carbocycles. The predicted octanol–water partition coefficient (Wildman–Crippen LogP) is 2.09. The summed E-state index contributed by atoms with van der Waals surface area (Å²) >= 11 is 0. The third-order valence-electron chi connectivity index (χ3n) is 2.35. The van der Waals surface area contributed by atoms with Crippen LogP contribution in [0.15, 0.2) is 24.3 Å². The van der Waals surface area contributed by atoms with Gasteiger partial charge in [-0.15, -0.1) is 0 Å². The molecule has 1 N–H and O–H groups in total. The van der Waals surface area contributed by atoms with E-state index in [2.05, 4.69) is 18.3 Å². The molecular weight excluding hydrogens is 222 g/mol. The SMILES string of the molecule is CCc1ccccc1NC(C)CS(C)(=O)=O. The third-order valence-corrected chi connectivity index (χ3v) is 3.46. The summed E-state index contributed by atoms with van der Waals surface area (Å²) in [6.45, 7) is 3.97. The van der Waals surface area contributed by atoms with E-state index in [1.54, 1.807) is 0 Å². The molecule has 0 aromatic heterocycles. The average molecular weight is 241 g/mol. The number of sulfone groups is 1. The van der Waals surface area contributed by atoms with E-state index in [4.69, 9.17) is 0 Å². The van der Waals surface area contributed by atoms with Gasteiger partial charge in [-0.3, -0.25) is 0 Å². The molecule has 0 saturated heterocycles. The lowest BCUT2D eigenvalue weighted by atomic mass is 10.1. The molecule has 0 fully saturated rings. The van der Waals surface area contributed by atoms with E-state index in [1.165, 1.54) is 11.8 Å². The fourth-order valence-electron chi connectivity index (χ4n) is 1.73. The molecule has 0 amide bonds. The van der Waals surface area contributed by atoms with Crippen molar-refractivity contribution in [2.24, 2.45) is 0 Å². The Labute approximate surface area is 97.8 Å². The van der Waals surface area contributed by atoms with E-state index in [9.17, 15) is 8.42 Å². The highest BCUT2D eigenvalue weighted by Crippen LogP contribution is 2.16. The molecule has 0 heterocycles. The van der Waals surface area contributed by atoms with Gasteiger partial charge < -0.3 is 5.32 Å². The van der Waals surface area contributed by atoms with Crippen LogP contribution in [0.4, 0.5) is 5.69 Å². The quantitative estimate of drug-likeness (QED) is 0.858. The van der Waals surface area contributed by atoms with Crippen LogP contribution < -0.4 is 5.32 Å². The number of anilines is 1. The molecule has 0 aliphatic rings. The Kier molecular flexibility index (Phi) is 4.35. The Bertz CT molecular complexity index is 440. The second-order valence-corrected chi connectivity index (χ2v) is 6.33. The zero-order chi connectivity index (χ0) is 12.2. The molecule has 0 radical (unpaired) electrons. The lowest BCUT2D eigenvalue weighted by Gasteiger charge is -2.16. The lowest BCUT2D eigenvalue weighted by molar-refractivity contribution is 0.598. The van der Waals surface area contributed by atoms with Gasteiger partial charge in [-0.2, -0.15) is 0 Å². The first-order chi connectivity index (χ1) is 7.42. The van der Waals surface area contributed by atoms with Gasteiger partial charge in [-0.25, -0.2) is 8.42 Å². The van der Waals surface area contributed by atoms with Gasteiger partial charge >= 0.3 is 0 Å². The summed E-state index contributed by atoms with van der Waals surface area (Å²) in [5, 5.41) is 3.24. The summed E-state index contributed by atoms with van der Waals surface area (Å²) in [5.41, 5.74) is 2.24. The number of aryl methyl sites for hydroxylation is 1. The second kappa shape index (κ2) is 5.34. The summed E-state index contributed by atoms with van der Waals surface area (Å²) in [4.78, 5) is 0. The molecule has 0 bridgehead atoms. The summed E-state index contributed by atoms with van der Waals surface area (Å²) in [6.07, 6.45) is 2.20. The van der Waals surface area contributed by atoms with Crippen molar-refractivity contribution in [3.8, 4) is 0 Å². The van der Waals surface area contributed by atoms with Crippen LogP contribution in [0.3, 0.4) is 0 Å². The largest absolute Gasteiger partial charge is 0.381 e. The highest BCUT2D eigenvalue weighted by atomic mass is 32.2. The minimum atomic E-state index is -2.93. The molecular formula is C12H19NO2S. The monoisotopic (exact) mass is 241 g/mol. The molecule has 0 spiro atoms. The van der Waals surface area contributed by atoms with Crippen LogP contribution >= 0.6 is 0 Å². The van der Waals surface area contributed by atoms with Crippen LogP contribution in [-0.2, 0) is 16.3 Å². The van der Waals surface area contributed by atoms with Crippen LogP contribution in [0.5, 0.6) is 0 Å². The number of rotatable bonds is 5. The van der Waals surface area contributed by atoms with E-state index in [0.717, 1.165) is 12.1 Å². The molecule has 1 aromatic carbocycles. The summed E-state index contributed by atoms with van der Waals surface area (Å²) in [7, 11) is -2.93. The first kappa shape index (κ1) is 13.0. The van der Waals surface area contributed by atoms with Crippen LogP contribution in [0.2, 0.25) is 0 Å². The van der Waals surface area contributed by atoms with Crippen molar-refractivity contribution < 1.29 is 8.42 Å². The smallest absolute Gasteiger partial charge is 0.149 e. The molecule has 16 heavy (non-hydrogen) atoms. The van der Waals surface area contributed by atoms with E-state index >= 15 is 0 Å². The van der Waals surface area contributed by atoms with Gasteiger partial charge in [0.25, 0.3) is 0 Å². The fourth-order valence-corrected chi connectivity index (χ4v) is 2.72. The number of hydrogen-bond acceptors (Lipinski definition) is 3. The molecule has 1 rings (SSSR count). The van der Waals surface area contributed by atoms with Crippen LogP contribution in [-0.4, -0.2) is 26.5 Å². The average Bonchev–Trinajstić information content (AvgIpc) is 2.15. The normalized spacial score (nSPS) is 13.4. The van der Waals surface area contributed by atoms with Gasteiger partial charge in [0.2, 0.25) is 0 Å². The molecule has 0 aliphatic heterocycles. The van der Waals surface area contributed by atoms with Crippen LogP contribution in [0.1, 0.15) is 19.4 Å². The van der Waals surface area contributed by atoms with Gasteiger partial charge in [-0.1, -0.05) is 25.1 Å². The molecule has 1 unspecified atom stereocenters. The van der Waals surface area contributed by atoms with Crippen molar-refractivity contribution in [2.45, 2.75) is 26.3 Å². The Morgan fingerprint density at radius 3 is 2.50 bits per heavy atom. The summed E-state index contributed by atoms with van der Waals surface area (Å²) in [6, 6.07) is 7.91. The van der Waals surface area contributed by atoms with Crippen molar-refractivity contribution in [2.75, 3.05) is 17.3 Å². The lowest BCUT2D eigenvalue weighted by Crippen LogP contribution is -2.25. The van der Waals surface area contributed by atoms with Crippen molar-refractivity contribution in [3.05, 3.63) is 29.8 Å². The summed E-state index contributed by atoms with van der Waals surface area (Å²) in [5.74, 6) is 0.158. The van der Waals surface area contributed by atoms with E-state index in [1.807, 2.05) is 25.1 Å². The Balaban J connectivity index is 2.73. The van der Waals surface area contributed by atoms with E-state index < -0.39 is 9.84 Å². The van der Waals surface area contributed by atoms with Crippen LogP contribution in [0, 0.1) is 0 Å². The minimum absolute atomic E-state index is 0.0669. The first-order valence-electron chi connectivity index (χ1n) is 5.44. The highest BCUT2D eigenvalue weighted by Gasteiger charge is 2.11. The number of nitrogens with one attached hydrogen (secondary N) is 1. The second-order valence-electron chi connectivity index (χ2n) is 4.15. The zero-order valence-corrected chi connectivity index (χ0v) is 10.8. The maximum Gasteiger partial charge on any atom is 0.149 e. The van der Waals surface area contributed by atoms with Gasteiger partial charge in [-0.05, 0) is 25.0 Å². The van der Waals surface area contributed by atoms with Crippen molar-refractivity contribution in [3.63, 3.8) is 0 Å².